The quantitative estimate of drug-likeness (QED) is 0.276. The fourth-order valence-corrected chi connectivity index (χ4v) is 5.15. The van der Waals surface area contributed by atoms with Crippen molar-refractivity contribution in [1.82, 2.24) is 14.8 Å². The number of carboxylic acid groups (broad SMARTS) is 1. The normalized spacial score (nSPS) is 28.0. The Kier molecular flexibility index (Phi) is 5.53. The summed E-state index contributed by atoms with van der Waals surface area (Å²) in [4.78, 5) is 57.8. The van der Waals surface area contributed by atoms with Gasteiger partial charge in [0.25, 0.3) is 11.8 Å². The van der Waals surface area contributed by atoms with Crippen LogP contribution >= 0.6 is 0 Å². The van der Waals surface area contributed by atoms with E-state index in [-0.39, 0.29) is 53.0 Å². The Morgan fingerprint density at radius 1 is 1.26 bits per heavy atom. The van der Waals surface area contributed by atoms with Gasteiger partial charge in [0.15, 0.2) is 0 Å². The summed E-state index contributed by atoms with van der Waals surface area (Å²) in [6, 6.07) is 2.50. The van der Waals surface area contributed by atoms with Crippen LogP contribution in [0.3, 0.4) is 0 Å². The molecule has 1 aromatic heterocycles. The summed E-state index contributed by atoms with van der Waals surface area (Å²) < 4.78 is 0. The fourth-order valence-electron chi connectivity index (χ4n) is 5.15. The topological polar surface area (TPSA) is 114 Å². The van der Waals surface area contributed by atoms with Crippen molar-refractivity contribution in [3.63, 3.8) is 0 Å². The zero-order valence-electron chi connectivity index (χ0n) is 17.3. The number of carbonyl (C=O) groups excluding carboxylic acids is 4. The standard InChI is InChI=1S/C21H20N4O5.Na/c1-11(26)23-8-5-14-15(17(21(29)30)25-16(14)18(23)20(25)28)9-12-4-7-24(19(12)27)13-3-2-6-22-10-13;/h2-3,6,9-10,14,16,18H,4-5,7-8H2,1H3,(H,29,30);/q;+1/p-1/b12-9+;/t14?,16-,18+;/m1./s1. The number of amides is 3. The molecule has 0 radical (unpaired) electrons. The van der Waals surface area contributed by atoms with E-state index in [4.69, 9.17) is 0 Å². The first-order chi connectivity index (χ1) is 14.4. The number of piperidine rings is 1. The van der Waals surface area contributed by atoms with Gasteiger partial charge in [-0.1, -0.05) is 0 Å². The summed E-state index contributed by atoms with van der Waals surface area (Å²) >= 11 is 0. The van der Waals surface area contributed by atoms with Gasteiger partial charge in [0, 0.05) is 37.7 Å². The van der Waals surface area contributed by atoms with Crippen molar-refractivity contribution in [1.29, 1.82) is 0 Å². The minimum Gasteiger partial charge on any atom is -0.543 e. The van der Waals surface area contributed by atoms with Crippen LogP contribution in [-0.4, -0.2) is 63.6 Å². The molecule has 4 aliphatic rings. The molecule has 3 saturated heterocycles. The number of anilines is 1. The average molecular weight is 430 g/mol. The van der Waals surface area contributed by atoms with Gasteiger partial charge in [-0.15, -0.1) is 0 Å². The molecule has 3 amide bonds. The Morgan fingerprint density at radius 2 is 2.03 bits per heavy atom. The molecule has 154 valence electrons. The summed E-state index contributed by atoms with van der Waals surface area (Å²) in [5, 5.41) is 11.9. The predicted octanol–water partition coefficient (Wildman–Crippen LogP) is -3.79. The third-order valence-corrected chi connectivity index (χ3v) is 6.46. The van der Waals surface area contributed by atoms with Gasteiger partial charge in [0.2, 0.25) is 5.91 Å². The summed E-state index contributed by atoms with van der Waals surface area (Å²) in [5.74, 6) is -2.48. The first-order valence-corrected chi connectivity index (χ1v) is 9.88. The van der Waals surface area contributed by atoms with Gasteiger partial charge in [0.1, 0.15) is 6.04 Å². The fraction of sp³-hybridized carbons (Fsp3) is 0.381. The summed E-state index contributed by atoms with van der Waals surface area (Å²) in [6.45, 7) is 2.26. The minimum absolute atomic E-state index is 0. The third kappa shape index (κ3) is 3.14. The molecule has 0 bridgehead atoms. The van der Waals surface area contributed by atoms with Gasteiger partial charge in [-0.2, -0.15) is 0 Å². The first kappa shape index (κ1) is 21.7. The SMILES string of the molecule is CC(=O)N1CCC2C(/C=C3\CCN(c4cccnc4)C3=O)=C(C(=O)[O-])N3C(=O)[C@@H]1[C@@H]23.[Na+]. The first-order valence-electron chi connectivity index (χ1n) is 9.88. The molecule has 0 aliphatic carbocycles. The van der Waals surface area contributed by atoms with Gasteiger partial charge in [-0.05, 0) is 36.6 Å². The summed E-state index contributed by atoms with van der Waals surface area (Å²) in [6.07, 6.45) is 5.85. The van der Waals surface area contributed by atoms with Crippen molar-refractivity contribution in [3.8, 4) is 0 Å². The van der Waals surface area contributed by atoms with Gasteiger partial charge in [-0.25, -0.2) is 0 Å². The van der Waals surface area contributed by atoms with Crippen LogP contribution in [-0.2, 0) is 19.2 Å². The number of rotatable bonds is 3. The van der Waals surface area contributed by atoms with E-state index in [1.807, 2.05) is 0 Å². The molecule has 3 atom stereocenters. The number of β-lactam (4-membered cyclic amide) rings is 1. The number of likely N-dealkylation sites (tertiary alicyclic amines) is 1. The van der Waals surface area contributed by atoms with Crippen LogP contribution in [0.25, 0.3) is 0 Å². The number of hydrogen-bond acceptors (Lipinski definition) is 6. The van der Waals surface area contributed by atoms with E-state index in [0.29, 0.717) is 42.8 Å². The van der Waals surface area contributed by atoms with Crippen molar-refractivity contribution in [2.24, 2.45) is 5.92 Å². The van der Waals surface area contributed by atoms with E-state index in [9.17, 15) is 24.3 Å². The van der Waals surface area contributed by atoms with Crippen LogP contribution in [0.1, 0.15) is 19.8 Å². The average Bonchev–Trinajstić information content (AvgIpc) is 3.25. The van der Waals surface area contributed by atoms with Gasteiger partial charge in [-0.3, -0.25) is 19.4 Å². The maximum Gasteiger partial charge on any atom is 1.00 e. The minimum atomic E-state index is -1.44. The van der Waals surface area contributed by atoms with Crippen LogP contribution in [0.2, 0.25) is 0 Å². The Bertz CT molecular complexity index is 1050. The van der Waals surface area contributed by atoms with Crippen molar-refractivity contribution in [2.45, 2.75) is 31.8 Å². The number of pyridine rings is 1. The molecule has 4 aliphatic heterocycles. The Balaban J connectivity index is 0.00000231. The van der Waals surface area contributed by atoms with Crippen LogP contribution in [0, 0.1) is 5.92 Å². The van der Waals surface area contributed by atoms with E-state index in [2.05, 4.69) is 4.98 Å². The number of allylic oxidation sites excluding steroid dienone is 1. The second-order valence-electron chi connectivity index (χ2n) is 7.93. The second kappa shape index (κ2) is 7.89. The smallest absolute Gasteiger partial charge is 0.543 e. The number of aliphatic carboxylic acids is 1. The molecule has 0 spiro atoms. The molecule has 5 heterocycles. The van der Waals surface area contributed by atoms with Gasteiger partial charge < -0.3 is 24.6 Å². The van der Waals surface area contributed by atoms with E-state index in [1.165, 1.54) is 16.7 Å². The van der Waals surface area contributed by atoms with E-state index in [1.54, 1.807) is 35.5 Å². The second-order valence-corrected chi connectivity index (χ2v) is 7.93. The summed E-state index contributed by atoms with van der Waals surface area (Å²) in [7, 11) is 0. The third-order valence-electron chi connectivity index (χ3n) is 6.46. The number of carbonyl (C=O) groups is 4. The zero-order valence-corrected chi connectivity index (χ0v) is 19.3. The molecule has 9 nitrogen and oxygen atoms in total. The molecule has 10 heteroatoms. The van der Waals surface area contributed by atoms with Crippen molar-refractivity contribution >= 4 is 29.4 Å². The molecule has 31 heavy (non-hydrogen) atoms. The molecular weight excluding hydrogens is 411 g/mol. The largest absolute Gasteiger partial charge is 1.00 e. The monoisotopic (exact) mass is 430 g/mol. The number of hydrogen-bond donors (Lipinski definition) is 0. The Labute approximate surface area is 200 Å². The molecule has 0 aromatic carbocycles. The van der Waals surface area contributed by atoms with Crippen molar-refractivity contribution in [2.75, 3.05) is 18.0 Å². The van der Waals surface area contributed by atoms with Gasteiger partial charge in [0.05, 0.1) is 29.6 Å². The maximum absolute atomic E-state index is 12.9. The van der Waals surface area contributed by atoms with Crippen molar-refractivity contribution in [3.05, 3.63) is 47.4 Å². The number of carboxylic acids is 1. The Hall–Kier alpha value is -2.49. The molecule has 0 saturated carbocycles. The van der Waals surface area contributed by atoms with Crippen molar-refractivity contribution < 1.29 is 53.8 Å². The number of nitrogens with zero attached hydrogens (tertiary/aromatic N) is 4. The molecule has 3 fully saturated rings. The molecule has 5 rings (SSSR count). The van der Waals surface area contributed by atoms with Crippen LogP contribution in [0.4, 0.5) is 5.69 Å². The zero-order chi connectivity index (χ0) is 21.2. The van der Waals surface area contributed by atoms with Crippen LogP contribution in [0.5, 0.6) is 0 Å². The van der Waals surface area contributed by atoms with E-state index < -0.39 is 24.0 Å². The van der Waals surface area contributed by atoms with Crippen LogP contribution < -0.4 is 39.6 Å². The Morgan fingerprint density at radius 3 is 2.68 bits per heavy atom. The van der Waals surface area contributed by atoms with Gasteiger partial charge >= 0.3 is 29.6 Å². The molecule has 0 N–H and O–H groups in total. The molecule has 1 aromatic rings. The molecule has 1 unspecified atom stereocenters. The molecular formula is C21H19N4NaO5. The maximum atomic E-state index is 12.9. The van der Waals surface area contributed by atoms with E-state index >= 15 is 0 Å². The predicted molar refractivity (Wildman–Crippen MR) is 101 cm³/mol. The van der Waals surface area contributed by atoms with E-state index in [0.717, 1.165) is 0 Å². The summed E-state index contributed by atoms with van der Waals surface area (Å²) in [5.41, 5.74) is 1.46. The number of aromatic nitrogens is 1. The van der Waals surface area contributed by atoms with Crippen LogP contribution in [0.15, 0.2) is 47.4 Å².